The zero-order valence-electron chi connectivity index (χ0n) is 10.0. The van der Waals surface area contributed by atoms with E-state index in [1.54, 1.807) is 0 Å². The van der Waals surface area contributed by atoms with Crippen molar-refractivity contribution >= 4 is 11.5 Å². The number of anilines is 2. The van der Waals surface area contributed by atoms with Crippen molar-refractivity contribution in [3.8, 4) is 0 Å². The van der Waals surface area contributed by atoms with E-state index < -0.39 is 0 Å². The molecule has 0 amide bonds. The molecule has 1 aliphatic heterocycles. The van der Waals surface area contributed by atoms with E-state index in [9.17, 15) is 0 Å². The second-order valence-corrected chi connectivity index (χ2v) is 4.47. The molecule has 1 aromatic rings. The summed E-state index contributed by atoms with van der Waals surface area (Å²) < 4.78 is 0. The van der Waals surface area contributed by atoms with Gasteiger partial charge in [0.05, 0.1) is 11.9 Å². The largest absolute Gasteiger partial charge is 0.382 e. The molecule has 0 aliphatic carbocycles. The highest BCUT2D eigenvalue weighted by molar-refractivity contribution is 5.47. The Hall–Kier alpha value is -1.29. The van der Waals surface area contributed by atoms with Gasteiger partial charge < -0.3 is 15.5 Å². The van der Waals surface area contributed by atoms with E-state index in [0.29, 0.717) is 6.04 Å². The van der Waals surface area contributed by atoms with Gasteiger partial charge in [-0.2, -0.15) is 0 Å². The van der Waals surface area contributed by atoms with Gasteiger partial charge in [-0.15, -0.1) is 0 Å². The van der Waals surface area contributed by atoms with E-state index in [0.717, 1.165) is 24.6 Å². The van der Waals surface area contributed by atoms with Crippen LogP contribution in [0.4, 0.5) is 11.5 Å². The van der Waals surface area contributed by atoms with Gasteiger partial charge in [0.25, 0.3) is 0 Å². The smallest absolute Gasteiger partial charge is 0.128 e. The maximum Gasteiger partial charge on any atom is 0.128 e. The highest BCUT2D eigenvalue weighted by Gasteiger charge is 2.12. The predicted molar refractivity (Wildman–Crippen MR) is 68.1 cm³/mol. The zero-order valence-corrected chi connectivity index (χ0v) is 10.0. The third kappa shape index (κ3) is 2.85. The van der Waals surface area contributed by atoms with Gasteiger partial charge in [-0.05, 0) is 31.5 Å². The van der Waals surface area contributed by atoms with Gasteiger partial charge in [0.2, 0.25) is 0 Å². The topological polar surface area (TPSA) is 40.2 Å². The first-order chi connectivity index (χ1) is 7.75. The average molecular weight is 220 g/mol. The molecular formula is C12H20N4. The van der Waals surface area contributed by atoms with Crippen LogP contribution < -0.4 is 15.5 Å². The predicted octanol–water partition coefficient (Wildman–Crippen LogP) is 1.31. The van der Waals surface area contributed by atoms with Crippen LogP contribution in [0.5, 0.6) is 0 Å². The number of rotatable bonds is 4. The van der Waals surface area contributed by atoms with Crippen LogP contribution in [0.15, 0.2) is 18.3 Å². The fraction of sp³-hybridized carbons (Fsp3) is 0.583. The fourth-order valence-corrected chi connectivity index (χ4v) is 1.93. The summed E-state index contributed by atoms with van der Waals surface area (Å²) in [6.45, 7) is 2.15. The second-order valence-electron chi connectivity index (χ2n) is 4.47. The molecule has 0 radical (unpaired) electrons. The lowest BCUT2D eigenvalue weighted by Gasteiger charge is -2.14. The molecule has 0 bridgehead atoms. The fourth-order valence-electron chi connectivity index (χ4n) is 1.93. The lowest BCUT2D eigenvalue weighted by atomic mass is 10.2. The summed E-state index contributed by atoms with van der Waals surface area (Å²) in [7, 11) is 4.00. The molecule has 2 N–H and O–H groups in total. The lowest BCUT2D eigenvalue weighted by Crippen LogP contribution is -2.29. The Labute approximate surface area is 97.1 Å². The SMILES string of the molecule is CN(C)c1ccc(NCC2CCCN2)cn1. The summed E-state index contributed by atoms with van der Waals surface area (Å²) in [6.07, 6.45) is 4.46. The molecule has 16 heavy (non-hydrogen) atoms. The Balaban J connectivity index is 1.84. The van der Waals surface area contributed by atoms with Crippen LogP contribution in [-0.4, -0.2) is 38.2 Å². The Bertz CT molecular complexity index is 314. The summed E-state index contributed by atoms with van der Waals surface area (Å²) in [6, 6.07) is 4.73. The van der Waals surface area contributed by atoms with Crippen LogP contribution in [0.2, 0.25) is 0 Å². The molecule has 0 saturated carbocycles. The van der Waals surface area contributed by atoms with Crippen LogP contribution in [0.3, 0.4) is 0 Å². The van der Waals surface area contributed by atoms with Crippen molar-refractivity contribution in [3.05, 3.63) is 18.3 Å². The number of nitrogens with zero attached hydrogens (tertiary/aromatic N) is 2. The van der Waals surface area contributed by atoms with Crippen LogP contribution in [0.1, 0.15) is 12.8 Å². The summed E-state index contributed by atoms with van der Waals surface area (Å²) in [5.41, 5.74) is 1.10. The molecule has 1 unspecified atom stereocenters. The minimum absolute atomic E-state index is 0.619. The lowest BCUT2D eigenvalue weighted by molar-refractivity contribution is 0.633. The van der Waals surface area contributed by atoms with Crippen molar-refractivity contribution in [2.24, 2.45) is 0 Å². The Morgan fingerprint density at radius 1 is 1.50 bits per heavy atom. The second kappa shape index (κ2) is 5.16. The molecule has 88 valence electrons. The first kappa shape index (κ1) is 11.2. The zero-order chi connectivity index (χ0) is 11.4. The van der Waals surface area contributed by atoms with Crippen molar-refractivity contribution < 1.29 is 0 Å². The molecule has 1 saturated heterocycles. The quantitative estimate of drug-likeness (QED) is 0.802. The normalized spacial score (nSPS) is 19.8. The number of pyridine rings is 1. The molecule has 2 rings (SSSR count). The molecule has 1 fully saturated rings. The average Bonchev–Trinajstić information content (AvgIpc) is 2.80. The van der Waals surface area contributed by atoms with E-state index >= 15 is 0 Å². The first-order valence-corrected chi connectivity index (χ1v) is 5.86. The minimum Gasteiger partial charge on any atom is -0.382 e. The van der Waals surface area contributed by atoms with Crippen molar-refractivity contribution in [1.82, 2.24) is 10.3 Å². The van der Waals surface area contributed by atoms with E-state index in [-0.39, 0.29) is 0 Å². The maximum absolute atomic E-state index is 4.37. The molecular weight excluding hydrogens is 200 g/mol. The molecule has 1 aliphatic rings. The molecule has 0 aromatic carbocycles. The van der Waals surface area contributed by atoms with Crippen LogP contribution >= 0.6 is 0 Å². The van der Waals surface area contributed by atoms with Gasteiger partial charge >= 0.3 is 0 Å². The molecule has 2 heterocycles. The van der Waals surface area contributed by atoms with Gasteiger partial charge in [0.15, 0.2) is 0 Å². The van der Waals surface area contributed by atoms with Crippen LogP contribution in [-0.2, 0) is 0 Å². The third-order valence-corrected chi connectivity index (χ3v) is 2.92. The minimum atomic E-state index is 0.619. The summed E-state index contributed by atoms with van der Waals surface area (Å²) in [5.74, 6) is 0.990. The molecule has 0 spiro atoms. The van der Waals surface area contributed by atoms with Crippen molar-refractivity contribution in [2.75, 3.05) is 37.4 Å². The number of hydrogen-bond donors (Lipinski definition) is 2. The van der Waals surface area contributed by atoms with Crippen molar-refractivity contribution in [2.45, 2.75) is 18.9 Å². The Morgan fingerprint density at radius 3 is 2.94 bits per heavy atom. The van der Waals surface area contributed by atoms with Crippen molar-refractivity contribution in [1.29, 1.82) is 0 Å². The summed E-state index contributed by atoms with van der Waals surface area (Å²) in [5, 5.41) is 6.87. The number of aromatic nitrogens is 1. The first-order valence-electron chi connectivity index (χ1n) is 5.86. The van der Waals surface area contributed by atoms with E-state index in [1.807, 2.05) is 31.3 Å². The van der Waals surface area contributed by atoms with E-state index in [1.165, 1.54) is 12.8 Å². The maximum atomic E-state index is 4.37. The monoisotopic (exact) mass is 220 g/mol. The van der Waals surface area contributed by atoms with E-state index in [2.05, 4.69) is 21.7 Å². The van der Waals surface area contributed by atoms with Gasteiger partial charge in [0, 0.05) is 26.7 Å². The highest BCUT2D eigenvalue weighted by atomic mass is 15.1. The van der Waals surface area contributed by atoms with Gasteiger partial charge in [-0.25, -0.2) is 4.98 Å². The Morgan fingerprint density at radius 2 is 2.38 bits per heavy atom. The Kier molecular flexibility index (Phi) is 3.62. The summed E-state index contributed by atoms with van der Waals surface area (Å²) >= 11 is 0. The van der Waals surface area contributed by atoms with Gasteiger partial charge in [-0.3, -0.25) is 0 Å². The third-order valence-electron chi connectivity index (χ3n) is 2.92. The van der Waals surface area contributed by atoms with Crippen LogP contribution in [0, 0.1) is 0 Å². The standard InChI is InChI=1S/C12H20N4/c1-16(2)12-6-5-11(9-15-12)14-8-10-4-3-7-13-10/h5-6,9-10,13-14H,3-4,7-8H2,1-2H3. The van der Waals surface area contributed by atoms with Crippen LogP contribution in [0.25, 0.3) is 0 Å². The number of nitrogens with one attached hydrogen (secondary N) is 2. The van der Waals surface area contributed by atoms with Gasteiger partial charge in [0.1, 0.15) is 5.82 Å². The van der Waals surface area contributed by atoms with E-state index in [4.69, 9.17) is 0 Å². The molecule has 1 atom stereocenters. The van der Waals surface area contributed by atoms with Gasteiger partial charge in [-0.1, -0.05) is 0 Å². The highest BCUT2D eigenvalue weighted by Crippen LogP contribution is 2.12. The molecule has 4 heteroatoms. The molecule has 4 nitrogen and oxygen atoms in total. The number of hydrogen-bond acceptors (Lipinski definition) is 4. The van der Waals surface area contributed by atoms with Crippen molar-refractivity contribution in [3.63, 3.8) is 0 Å². The molecule has 1 aromatic heterocycles. The summed E-state index contributed by atoms with van der Waals surface area (Å²) in [4.78, 5) is 6.37.